The standard InChI is InChI=1S/C13H13NO4/c1-18-11(15)9-7-13(12(16)17)10(14(9)13)8-5-3-2-4-6-8/h2-6,9-10H,7H2,1H3,(H,16,17). The van der Waals surface area contributed by atoms with E-state index in [-0.39, 0.29) is 12.0 Å². The van der Waals surface area contributed by atoms with Crippen LogP contribution in [0, 0.1) is 0 Å². The number of benzene rings is 1. The Balaban J connectivity index is 1.89. The van der Waals surface area contributed by atoms with Crippen molar-refractivity contribution in [1.29, 1.82) is 0 Å². The van der Waals surface area contributed by atoms with Crippen molar-refractivity contribution in [3.8, 4) is 0 Å². The predicted octanol–water partition coefficient (Wildman–Crippen LogP) is 0.812. The average molecular weight is 247 g/mol. The minimum Gasteiger partial charge on any atom is -0.480 e. The molecule has 0 amide bonds. The molecule has 0 aliphatic carbocycles. The van der Waals surface area contributed by atoms with Gasteiger partial charge in [-0.05, 0) is 5.56 Å². The van der Waals surface area contributed by atoms with Gasteiger partial charge in [0.05, 0.1) is 13.2 Å². The quantitative estimate of drug-likeness (QED) is 0.632. The first-order valence-corrected chi connectivity index (χ1v) is 5.77. The van der Waals surface area contributed by atoms with E-state index in [0.29, 0.717) is 6.42 Å². The van der Waals surface area contributed by atoms with E-state index in [1.807, 2.05) is 30.3 Å². The molecule has 5 nitrogen and oxygen atoms in total. The van der Waals surface area contributed by atoms with Crippen molar-refractivity contribution < 1.29 is 19.4 Å². The molecule has 1 N–H and O–H groups in total. The predicted molar refractivity (Wildman–Crippen MR) is 61.8 cm³/mol. The highest BCUT2D eigenvalue weighted by atomic mass is 16.5. The van der Waals surface area contributed by atoms with Crippen LogP contribution in [0.25, 0.3) is 0 Å². The molecular weight excluding hydrogens is 234 g/mol. The molecule has 4 unspecified atom stereocenters. The molecule has 2 aliphatic rings. The summed E-state index contributed by atoms with van der Waals surface area (Å²) in [7, 11) is 1.32. The van der Waals surface area contributed by atoms with Crippen LogP contribution in [0.4, 0.5) is 0 Å². The molecular formula is C13H13NO4. The Bertz CT molecular complexity index is 515. The van der Waals surface area contributed by atoms with Crippen LogP contribution in [0.1, 0.15) is 18.0 Å². The first-order valence-electron chi connectivity index (χ1n) is 5.77. The van der Waals surface area contributed by atoms with Gasteiger partial charge in [-0.1, -0.05) is 30.3 Å². The fourth-order valence-corrected chi connectivity index (χ4v) is 3.03. The number of ether oxygens (including phenoxy) is 1. The highest BCUT2D eigenvalue weighted by Gasteiger charge is 2.80. The number of nitrogens with zero attached hydrogens (tertiary/aromatic N) is 1. The van der Waals surface area contributed by atoms with Crippen molar-refractivity contribution >= 4 is 11.9 Å². The number of carbonyl (C=O) groups excluding carboxylic acids is 1. The third-order valence-electron chi connectivity index (χ3n) is 3.92. The number of carbonyl (C=O) groups is 2. The molecule has 0 aromatic heterocycles. The summed E-state index contributed by atoms with van der Waals surface area (Å²) in [6.45, 7) is 0. The van der Waals surface area contributed by atoms with Crippen molar-refractivity contribution in [3.05, 3.63) is 35.9 Å². The number of carboxylic acids is 1. The van der Waals surface area contributed by atoms with Gasteiger partial charge in [-0.3, -0.25) is 14.5 Å². The lowest BCUT2D eigenvalue weighted by Crippen LogP contribution is -2.51. The molecule has 0 radical (unpaired) electrons. The van der Waals surface area contributed by atoms with Gasteiger partial charge in [0.1, 0.15) is 11.6 Å². The van der Waals surface area contributed by atoms with Gasteiger partial charge in [0.25, 0.3) is 0 Å². The first kappa shape index (κ1) is 11.2. The van der Waals surface area contributed by atoms with E-state index in [0.717, 1.165) is 5.56 Å². The Morgan fingerprint density at radius 1 is 1.39 bits per heavy atom. The number of rotatable bonds is 3. The van der Waals surface area contributed by atoms with Crippen molar-refractivity contribution in [1.82, 2.24) is 4.90 Å². The Kier molecular flexibility index (Phi) is 2.22. The molecule has 5 heteroatoms. The Hall–Kier alpha value is -1.88. The second kappa shape index (κ2) is 3.55. The normalized spacial score (nSPS) is 36.2. The van der Waals surface area contributed by atoms with Crippen LogP contribution < -0.4 is 0 Å². The molecule has 2 aliphatic heterocycles. The van der Waals surface area contributed by atoms with E-state index >= 15 is 0 Å². The van der Waals surface area contributed by atoms with Crippen LogP contribution in [0.2, 0.25) is 0 Å². The van der Waals surface area contributed by atoms with Gasteiger partial charge in [0, 0.05) is 6.42 Å². The van der Waals surface area contributed by atoms with Gasteiger partial charge in [0.15, 0.2) is 0 Å². The van der Waals surface area contributed by atoms with Gasteiger partial charge in [-0.15, -0.1) is 0 Å². The molecule has 2 fully saturated rings. The largest absolute Gasteiger partial charge is 0.480 e. The zero-order valence-corrected chi connectivity index (χ0v) is 9.87. The summed E-state index contributed by atoms with van der Waals surface area (Å²) in [5.41, 5.74) is 0.0477. The molecule has 1 aromatic carbocycles. The van der Waals surface area contributed by atoms with Crippen LogP contribution in [0.5, 0.6) is 0 Å². The summed E-state index contributed by atoms with van der Waals surface area (Å²) < 4.78 is 4.69. The maximum Gasteiger partial charge on any atom is 0.326 e. The number of aliphatic carboxylic acids is 1. The average Bonchev–Trinajstić information content (AvgIpc) is 2.90. The third-order valence-corrected chi connectivity index (χ3v) is 3.92. The molecule has 0 spiro atoms. The number of carboxylic acid groups (broad SMARTS) is 1. The summed E-state index contributed by atoms with van der Waals surface area (Å²) in [6.07, 6.45) is 0.328. The number of esters is 1. The van der Waals surface area contributed by atoms with Crippen molar-refractivity contribution in [2.75, 3.05) is 7.11 Å². The van der Waals surface area contributed by atoms with Gasteiger partial charge in [-0.2, -0.15) is 0 Å². The molecule has 2 heterocycles. The van der Waals surface area contributed by atoms with E-state index in [1.165, 1.54) is 7.11 Å². The molecule has 3 rings (SSSR count). The van der Waals surface area contributed by atoms with Gasteiger partial charge < -0.3 is 9.84 Å². The fraction of sp³-hybridized carbons (Fsp3) is 0.385. The van der Waals surface area contributed by atoms with Crippen LogP contribution >= 0.6 is 0 Å². The van der Waals surface area contributed by atoms with Crippen LogP contribution in [-0.2, 0) is 14.3 Å². The molecule has 1 aromatic rings. The Labute approximate surface area is 104 Å². The van der Waals surface area contributed by atoms with Crippen molar-refractivity contribution in [2.24, 2.45) is 0 Å². The minimum absolute atomic E-state index is 0.208. The van der Waals surface area contributed by atoms with E-state index in [1.54, 1.807) is 4.90 Å². The number of hydrogen-bond donors (Lipinski definition) is 1. The van der Waals surface area contributed by atoms with Crippen LogP contribution in [0.3, 0.4) is 0 Å². The molecule has 0 bridgehead atoms. The number of methoxy groups -OCH3 is 1. The summed E-state index contributed by atoms with van der Waals surface area (Å²) >= 11 is 0. The highest BCUT2D eigenvalue weighted by molar-refractivity contribution is 5.92. The lowest BCUT2D eigenvalue weighted by atomic mass is 9.89. The second-order valence-corrected chi connectivity index (χ2v) is 4.69. The molecule has 4 atom stereocenters. The van der Waals surface area contributed by atoms with E-state index < -0.39 is 17.6 Å². The van der Waals surface area contributed by atoms with Gasteiger partial charge >= 0.3 is 11.9 Å². The SMILES string of the molecule is COC(=O)C1CC2(C(=O)O)C(c3ccccc3)N12. The Morgan fingerprint density at radius 3 is 2.61 bits per heavy atom. The number of fused-ring (bicyclic) bond motifs is 1. The lowest BCUT2D eigenvalue weighted by molar-refractivity contribution is -0.155. The van der Waals surface area contributed by atoms with Gasteiger partial charge in [0.2, 0.25) is 0 Å². The highest BCUT2D eigenvalue weighted by Crippen LogP contribution is 2.65. The zero-order valence-electron chi connectivity index (χ0n) is 9.87. The van der Waals surface area contributed by atoms with E-state index in [4.69, 9.17) is 0 Å². The maximum atomic E-state index is 11.5. The molecule has 0 saturated carbocycles. The van der Waals surface area contributed by atoms with Crippen LogP contribution in [-0.4, -0.2) is 40.6 Å². The van der Waals surface area contributed by atoms with E-state index in [2.05, 4.69) is 4.74 Å². The zero-order chi connectivity index (χ0) is 12.9. The first-order chi connectivity index (χ1) is 8.63. The van der Waals surface area contributed by atoms with Gasteiger partial charge in [-0.25, -0.2) is 0 Å². The lowest BCUT2D eigenvalue weighted by Gasteiger charge is -2.30. The summed E-state index contributed by atoms with van der Waals surface area (Å²) in [6, 6.07) is 8.78. The fourth-order valence-electron chi connectivity index (χ4n) is 3.03. The third kappa shape index (κ3) is 1.19. The summed E-state index contributed by atoms with van der Waals surface area (Å²) in [4.78, 5) is 24.6. The Morgan fingerprint density at radius 2 is 2.06 bits per heavy atom. The number of hydrogen-bond acceptors (Lipinski definition) is 4. The van der Waals surface area contributed by atoms with E-state index in [9.17, 15) is 14.7 Å². The second-order valence-electron chi connectivity index (χ2n) is 4.69. The summed E-state index contributed by atoms with van der Waals surface area (Å²) in [5.74, 6) is -1.22. The molecule has 18 heavy (non-hydrogen) atoms. The summed E-state index contributed by atoms with van der Waals surface area (Å²) in [5, 5.41) is 9.34. The molecule has 94 valence electrons. The monoisotopic (exact) mass is 247 g/mol. The maximum absolute atomic E-state index is 11.5. The topological polar surface area (TPSA) is 66.6 Å². The van der Waals surface area contributed by atoms with Crippen molar-refractivity contribution in [2.45, 2.75) is 24.0 Å². The minimum atomic E-state index is -0.889. The molecule has 2 saturated heterocycles. The van der Waals surface area contributed by atoms with Crippen LogP contribution in [0.15, 0.2) is 30.3 Å². The smallest absolute Gasteiger partial charge is 0.326 e. The van der Waals surface area contributed by atoms with Crippen molar-refractivity contribution in [3.63, 3.8) is 0 Å².